The molecule has 8 nitrogen and oxygen atoms in total. The van der Waals surface area contributed by atoms with Crippen molar-refractivity contribution in [3.63, 3.8) is 0 Å². The van der Waals surface area contributed by atoms with Crippen molar-refractivity contribution in [1.82, 2.24) is 0 Å². The Kier molecular flexibility index (Phi) is 6.32. The second kappa shape index (κ2) is 8.35. The van der Waals surface area contributed by atoms with Crippen LogP contribution in [-0.4, -0.2) is 31.1 Å². The van der Waals surface area contributed by atoms with E-state index in [9.17, 15) is 32.9 Å². The number of nitro groups is 1. The summed E-state index contributed by atoms with van der Waals surface area (Å²) in [4.78, 5) is 35.7. The second-order valence-corrected chi connectivity index (χ2v) is 5.80. The minimum Gasteiger partial charge on any atom is -0.465 e. The van der Waals surface area contributed by atoms with E-state index >= 15 is 0 Å². The molecule has 0 saturated heterocycles. The highest BCUT2D eigenvalue weighted by Crippen LogP contribution is 2.43. The van der Waals surface area contributed by atoms with Gasteiger partial charge in [-0.3, -0.25) is 10.1 Å². The van der Waals surface area contributed by atoms with E-state index in [0.717, 1.165) is 31.4 Å². The van der Waals surface area contributed by atoms with Crippen LogP contribution in [0.5, 0.6) is 0 Å². The first-order valence-electron chi connectivity index (χ1n) is 7.63. The summed E-state index contributed by atoms with van der Waals surface area (Å²) in [6.07, 6.45) is -0.169. The Bertz CT molecular complexity index is 969. The number of carbonyl (C=O) groups excluding carboxylic acids is 2. The van der Waals surface area contributed by atoms with Crippen LogP contribution in [0.1, 0.15) is 5.56 Å². The maximum absolute atomic E-state index is 13.3. The number of alkyl halides is 3. The van der Waals surface area contributed by atoms with E-state index in [1.54, 1.807) is 0 Å². The maximum atomic E-state index is 13.3. The van der Waals surface area contributed by atoms with Gasteiger partial charge in [0.2, 0.25) is 0 Å². The standard InChI is InChI=1S/C17H12ClF3N2O6/c1-28-15(24)9-5-3-4-6-22(14(9)16(25)29-2)12-7-10(17(19,20)21)11(18)8-13(12)23(26)27/h3-8H,1-2H3. The van der Waals surface area contributed by atoms with Gasteiger partial charge in [0, 0.05) is 12.3 Å². The molecule has 1 aliphatic heterocycles. The Morgan fingerprint density at radius 2 is 1.76 bits per heavy atom. The molecule has 0 fully saturated rings. The Balaban J connectivity index is 2.90. The van der Waals surface area contributed by atoms with E-state index in [-0.39, 0.29) is 5.57 Å². The van der Waals surface area contributed by atoms with Crippen molar-refractivity contribution in [3.8, 4) is 0 Å². The third-order valence-corrected chi connectivity index (χ3v) is 4.03. The molecular formula is C17H12ClF3N2O6. The number of esters is 2. The first-order chi connectivity index (χ1) is 13.5. The molecule has 29 heavy (non-hydrogen) atoms. The zero-order valence-corrected chi connectivity index (χ0v) is 15.6. The second-order valence-electron chi connectivity index (χ2n) is 5.39. The third kappa shape index (κ3) is 4.40. The molecule has 0 aliphatic carbocycles. The van der Waals surface area contributed by atoms with Crippen molar-refractivity contribution in [1.29, 1.82) is 0 Å². The van der Waals surface area contributed by atoms with Gasteiger partial charge in [0.25, 0.3) is 5.69 Å². The van der Waals surface area contributed by atoms with Crippen LogP contribution in [0, 0.1) is 10.1 Å². The number of methoxy groups -OCH3 is 2. The van der Waals surface area contributed by atoms with Crippen molar-refractivity contribution in [3.05, 3.63) is 68.5 Å². The van der Waals surface area contributed by atoms with Crippen molar-refractivity contribution in [2.75, 3.05) is 19.1 Å². The fraction of sp³-hybridized carbons (Fsp3) is 0.176. The van der Waals surface area contributed by atoms with E-state index in [1.165, 1.54) is 12.2 Å². The number of benzene rings is 1. The van der Waals surface area contributed by atoms with Gasteiger partial charge < -0.3 is 14.4 Å². The molecule has 0 bridgehead atoms. The number of nitro benzene ring substituents is 1. The predicted octanol–water partition coefficient (Wildman–Crippen LogP) is 3.76. The minimum atomic E-state index is -4.94. The fourth-order valence-electron chi connectivity index (χ4n) is 2.46. The Morgan fingerprint density at radius 3 is 2.28 bits per heavy atom. The molecule has 2 rings (SSSR count). The molecule has 0 saturated carbocycles. The number of carbonyl (C=O) groups is 2. The molecule has 0 aromatic heterocycles. The van der Waals surface area contributed by atoms with Crippen LogP contribution < -0.4 is 4.90 Å². The van der Waals surface area contributed by atoms with E-state index < -0.39 is 50.7 Å². The lowest BCUT2D eigenvalue weighted by molar-refractivity contribution is -0.384. The van der Waals surface area contributed by atoms with Crippen LogP contribution in [0.3, 0.4) is 0 Å². The lowest BCUT2D eigenvalue weighted by atomic mass is 10.1. The number of allylic oxidation sites excluding steroid dienone is 2. The van der Waals surface area contributed by atoms with Gasteiger partial charge in [0.05, 0.1) is 35.3 Å². The summed E-state index contributed by atoms with van der Waals surface area (Å²) in [6, 6.07) is 0.923. The quantitative estimate of drug-likeness (QED) is 0.406. The summed E-state index contributed by atoms with van der Waals surface area (Å²) in [5.41, 5.74) is -3.83. The Labute approximate surface area is 166 Å². The number of nitrogens with zero attached hydrogens (tertiary/aromatic N) is 2. The topological polar surface area (TPSA) is 99.0 Å². The van der Waals surface area contributed by atoms with Crippen molar-refractivity contribution in [2.45, 2.75) is 6.18 Å². The van der Waals surface area contributed by atoms with Crippen LogP contribution in [0.4, 0.5) is 24.5 Å². The highest BCUT2D eigenvalue weighted by molar-refractivity contribution is 6.31. The SMILES string of the molecule is COC(=O)C1=C(C(=O)OC)N(c2cc(C(F)(F)F)c(Cl)cc2[N+](=O)[O-])C=CC=C1. The summed E-state index contributed by atoms with van der Waals surface area (Å²) >= 11 is 5.58. The lowest BCUT2D eigenvalue weighted by Gasteiger charge is -2.24. The zero-order chi connectivity index (χ0) is 21.9. The van der Waals surface area contributed by atoms with Gasteiger partial charge in [-0.25, -0.2) is 9.59 Å². The highest BCUT2D eigenvalue weighted by atomic mass is 35.5. The number of rotatable bonds is 4. The molecule has 12 heteroatoms. The van der Waals surface area contributed by atoms with E-state index in [0.29, 0.717) is 12.1 Å². The van der Waals surface area contributed by atoms with Crippen LogP contribution in [0.2, 0.25) is 5.02 Å². The molecule has 0 amide bonds. The average molecular weight is 433 g/mol. The molecule has 154 valence electrons. The summed E-state index contributed by atoms with van der Waals surface area (Å²) in [7, 11) is 1.99. The molecule has 1 aliphatic rings. The fourth-order valence-corrected chi connectivity index (χ4v) is 2.72. The molecule has 0 radical (unpaired) electrons. The van der Waals surface area contributed by atoms with Crippen LogP contribution >= 0.6 is 11.6 Å². The Morgan fingerprint density at radius 1 is 1.14 bits per heavy atom. The number of hydrogen-bond acceptors (Lipinski definition) is 7. The van der Waals surface area contributed by atoms with Gasteiger partial charge in [0.1, 0.15) is 11.4 Å². The van der Waals surface area contributed by atoms with Gasteiger partial charge in [-0.2, -0.15) is 13.2 Å². The van der Waals surface area contributed by atoms with E-state index in [1.807, 2.05) is 0 Å². The molecular weight excluding hydrogens is 421 g/mol. The number of ether oxygens (including phenoxy) is 2. The van der Waals surface area contributed by atoms with Crippen LogP contribution in [0.15, 0.2) is 47.8 Å². The van der Waals surface area contributed by atoms with Crippen molar-refractivity contribution in [2.24, 2.45) is 0 Å². The van der Waals surface area contributed by atoms with Crippen LogP contribution in [0.25, 0.3) is 0 Å². The molecule has 0 N–H and O–H groups in total. The largest absolute Gasteiger partial charge is 0.465 e. The van der Waals surface area contributed by atoms with Gasteiger partial charge in [0.15, 0.2) is 0 Å². The normalized spacial score (nSPS) is 13.9. The third-order valence-electron chi connectivity index (χ3n) is 3.72. The molecule has 1 aromatic carbocycles. The summed E-state index contributed by atoms with van der Waals surface area (Å²) in [6.45, 7) is 0. The molecule has 0 unspecified atom stereocenters. The molecule has 1 heterocycles. The van der Waals surface area contributed by atoms with Gasteiger partial charge in [-0.1, -0.05) is 17.7 Å². The van der Waals surface area contributed by atoms with Gasteiger partial charge in [-0.05, 0) is 18.2 Å². The zero-order valence-electron chi connectivity index (χ0n) is 14.8. The molecule has 1 aromatic rings. The van der Waals surface area contributed by atoms with Gasteiger partial charge in [-0.15, -0.1) is 0 Å². The monoisotopic (exact) mass is 432 g/mol. The van der Waals surface area contributed by atoms with Crippen molar-refractivity contribution < 1.29 is 37.2 Å². The smallest absolute Gasteiger partial charge is 0.417 e. The summed E-state index contributed by atoms with van der Waals surface area (Å²) < 4.78 is 49.1. The first-order valence-corrected chi connectivity index (χ1v) is 8.00. The average Bonchev–Trinajstić information content (AvgIpc) is 2.88. The number of anilines is 1. The Hall–Kier alpha value is -3.34. The van der Waals surface area contributed by atoms with E-state index in [4.69, 9.17) is 11.6 Å². The van der Waals surface area contributed by atoms with E-state index in [2.05, 4.69) is 9.47 Å². The number of hydrogen-bond donors (Lipinski definition) is 0. The molecule has 0 spiro atoms. The minimum absolute atomic E-state index is 0.387. The molecule has 0 atom stereocenters. The number of halogens is 4. The summed E-state index contributed by atoms with van der Waals surface area (Å²) in [5.74, 6) is -2.15. The summed E-state index contributed by atoms with van der Waals surface area (Å²) in [5, 5.41) is 10.6. The van der Waals surface area contributed by atoms with Crippen LogP contribution in [-0.2, 0) is 25.2 Å². The lowest BCUT2D eigenvalue weighted by Crippen LogP contribution is -2.27. The first kappa shape index (κ1) is 22.0. The highest BCUT2D eigenvalue weighted by Gasteiger charge is 2.38. The van der Waals surface area contributed by atoms with Crippen molar-refractivity contribution >= 4 is 34.9 Å². The maximum Gasteiger partial charge on any atom is 0.417 e. The predicted molar refractivity (Wildman–Crippen MR) is 94.9 cm³/mol. The van der Waals surface area contributed by atoms with Gasteiger partial charge >= 0.3 is 18.1 Å².